The lowest BCUT2D eigenvalue weighted by atomic mass is 9.58. The number of methoxy groups -OCH3 is 1. The second-order valence-corrected chi connectivity index (χ2v) is 3.91. The first-order valence-electron chi connectivity index (χ1n) is 4.66. The van der Waals surface area contributed by atoms with Crippen molar-refractivity contribution in [2.75, 3.05) is 20.3 Å². The molecule has 2 rings (SSSR count). The van der Waals surface area contributed by atoms with E-state index in [4.69, 9.17) is 15.2 Å². The molecule has 1 saturated heterocycles. The number of nitrogens with two attached hydrogens (primary N) is 1. The normalized spacial score (nSPS) is 39.5. The molecular formula is C9H17NO2. The van der Waals surface area contributed by atoms with Crippen LogP contribution < -0.4 is 5.73 Å². The maximum atomic E-state index is 6.02. The van der Waals surface area contributed by atoms with E-state index in [1.54, 1.807) is 7.11 Å². The van der Waals surface area contributed by atoms with Crippen molar-refractivity contribution in [2.24, 2.45) is 11.1 Å². The van der Waals surface area contributed by atoms with Crippen molar-refractivity contribution in [3.8, 4) is 0 Å². The van der Waals surface area contributed by atoms with Gasteiger partial charge in [0.05, 0.1) is 6.10 Å². The molecule has 1 saturated carbocycles. The van der Waals surface area contributed by atoms with Gasteiger partial charge in [0.2, 0.25) is 0 Å². The van der Waals surface area contributed by atoms with Crippen molar-refractivity contribution in [1.29, 1.82) is 0 Å². The number of rotatable bonds is 1. The molecule has 1 heterocycles. The standard InChI is InChI=1S/C9H17NO2/c1-11-8-6-7(10)9(8)2-4-12-5-3-9/h7-8H,2-6,10H2,1H3/t7-,8+/m0/s1. The lowest BCUT2D eigenvalue weighted by Gasteiger charge is -2.55. The molecule has 3 nitrogen and oxygen atoms in total. The Balaban J connectivity index is 2.05. The average Bonchev–Trinajstić information content (AvgIpc) is 2.15. The van der Waals surface area contributed by atoms with Gasteiger partial charge in [0.1, 0.15) is 0 Å². The molecule has 0 aromatic carbocycles. The molecule has 0 aromatic rings. The first-order chi connectivity index (χ1) is 5.79. The third-order valence-electron chi connectivity index (χ3n) is 3.56. The topological polar surface area (TPSA) is 44.5 Å². The molecule has 2 atom stereocenters. The fourth-order valence-corrected chi connectivity index (χ4v) is 2.55. The Kier molecular flexibility index (Phi) is 2.10. The summed E-state index contributed by atoms with van der Waals surface area (Å²) in [6.45, 7) is 1.71. The van der Waals surface area contributed by atoms with Gasteiger partial charge >= 0.3 is 0 Å². The van der Waals surface area contributed by atoms with E-state index in [1.165, 1.54) is 0 Å². The highest BCUT2D eigenvalue weighted by Crippen LogP contribution is 2.49. The van der Waals surface area contributed by atoms with Gasteiger partial charge in [-0.2, -0.15) is 0 Å². The van der Waals surface area contributed by atoms with Gasteiger partial charge < -0.3 is 15.2 Å². The van der Waals surface area contributed by atoms with Gasteiger partial charge in [0, 0.05) is 31.8 Å². The summed E-state index contributed by atoms with van der Waals surface area (Å²) in [6.07, 6.45) is 3.56. The van der Waals surface area contributed by atoms with Gasteiger partial charge in [-0.25, -0.2) is 0 Å². The summed E-state index contributed by atoms with van der Waals surface area (Å²) in [6, 6.07) is 0.339. The van der Waals surface area contributed by atoms with Crippen molar-refractivity contribution in [1.82, 2.24) is 0 Å². The molecule has 0 amide bonds. The van der Waals surface area contributed by atoms with Crippen molar-refractivity contribution in [2.45, 2.75) is 31.4 Å². The zero-order valence-electron chi connectivity index (χ0n) is 7.58. The molecule has 2 aliphatic rings. The smallest absolute Gasteiger partial charge is 0.0659 e. The third-order valence-corrected chi connectivity index (χ3v) is 3.56. The summed E-state index contributed by atoms with van der Waals surface area (Å²) in [5, 5.41) is 0. The maximum absolute atomic E-state index is 6.02. The Hall–Kier alpha value is -0.120. The van der Waals surface area contributed by atoms with Crippen LogP contribution in [-0.2, 0) is 9.47 Å². The molecule has 2 fully saturated rings. The average molecular weight is 171 g/mol. The van der Waals surface area contributed by atoms with Crippen molar-refractivity contribution in [3.05, 3.63) is 0 Å². The summed E-state index contributed by atoms with van der Waals surface area (Å²) >= 11 is 0. The molecule has 3 heteroatoms. The van der Waals surface area contributed by atoms with Crippen molar-refractivity contribution >= 4 is 0 Å². The van der Waals surface area contributed by atoms with Crippen LogP contribution in [0.15, 0.2) is 0 Å². The van der Waals surface area contributed by atoms with Gasteiger partial charge in [-0.15, -0.1) is 0 Å². The van der Waals surface area contributed by atoms with Gasteiger partial charge in [-0.05, 0) is 19.3 Å². The molecule has 0 unspecified atom stereocenters. The molecule has 1 aliphatic heterocycles. The second-order valence-electron chi connectivity index (χ2n) is 3.91. The first-order valence-corrected chi connectivity index (χ1v) is 4.66. The Labute approximate surface area is 73.2 Å². The summed E-state index contributed by atoms with van der Waals surface area (Å²) in [5.41, 5.74) is 6.28. The summed E-state index contributed by atoms with van der Waals surface area (Å²) < 4.78 is 10.7. The summed E-state index contributed by atoms with van der Waals surface area (Å²) in [5.74, 6) is 0. The number of ether oxygens (including phenoxy) is 2. The van der Waals surface area contributed by atoms with Crippen LogP contribution in [0.4, 0.5) is 0 Å². The fraction of sp³-hybridized carbons (Fsp3) is 1.00. The molecule has 0 radical (unpaired) electrons. The van der Waals surface area contributed by atoms with E-state index in [0.717, 1.165) is 32.5 Å². The first kappa shape index (κ1) is 8.48. The Bertz CT molecular complexity index is 166. The van der Waals surface area contributed by atoms with Crippen LogP contribution in [0.2, 0.25) is 0 Å². The zero-order valence-corrected chi connectivity index (χ0v) is 7.58. The van der Waals surface area contributed by atoms with E-state index < -0.39 is 0 Å². The largest absolute Gasteiger partial charge is 0.381 e. The molecule has 1 spiro atoms. The predicted molar refractivity (Wildman–Crippen MR) is 45.9 cm³/mol. The number of hydrogen-bond acceptors (Lipinski definition) is 3. The SMILES string of the molecule is CO[C@@H]1C[C@H](N)C12CCOCC2. The summed E-state index contributed by atoms with van der Waals surface area (Å²) in [4.78, 5) is 0. The lowest BCUT2D eigenvalue weighted by Crippen LogP contribution is -2.63. The highest BCUT2D eigenvalue weighted by molar-refractivity contribution is 5.07. The van der Waals surface area contributed by atoms with E-state index in [2.05, 4.69) is 0 Å². The highest BCUT2D eigenvalue weighted by Gasteiger charge is 2.53. The molecule has 2 N–H and O–H groups in total. The number of hydrogen-bond donors (Lipinski definition) is 1. The predicted octanol–water partition coefficient (Wildman–Crippen LogP) is 0.529. The minimum atomic E-state index is 0.257. The van der Waals surface area contributed by atoms with Crippen LogP contribution in [0.1, 0.15) is 19.3 Å². The zero-order chi connectivity index (χ0) is 8.60. The van der Waals surface area contributed by atoms with Gasteiger partial charge in [-0.1, -0.05) is 0 Å². The van der Waals surface area contributed by atoms with Crippen molar-refractivity contribution in [3.63, 3.8) is 0 Å². The van der Waals surface area contributed by atoms with Gasteiger partial charge in [0.15, 0.2) is 0 Å². The maximum Gasteiger partial charge on any atom is 0.0659 e. The van der Waals surface area contributed by atoms with Crippen LogP contribution >= 0.6 is 0 Å². The Morgan fingerprint density at radius 1 is 1.42 bits per heavy atom. The van der Waals surface area contributed by atoms with Crippen LogP contribution in [0.5, 0.6) is 0 Å². The summed E-state index contributed by atoms with van der Waals surface area (Å²) in [7, 11) is 1.79. The molecule has 70 valence electrons. The highest BCUT2D eigenvalue weighted by atomic mass is 16.5. The second kappa shape index (κ2) is 2.98. The minimum absolute atomic E-state index is 0.257. The van der Waals surface area contributed by atoms with E-state index in [1.807, 2.05) is 0 Å². The van der Waals surface area contributed by atoms with E-state index in [0.29, 0.717) is 12.1 Å². The minimum Gasteiger partial charge on any atom is -0.381 e. The molecule has 1 aliphatic carbocycles. The van der Waals surface area contributed by atoms with Crippen LogP contribution in [0.3, 0.4) is 0 Å². The Morgan fingerprint density at radius 2 is 2.08 bits per heavy atom. The van der Waals surface area contributed by atoms with E-state index >= 15 is 0 Å². The molecule has 0 aromatic heterocycles. The third kappa shape index (κ3) is 1.00. The van der Waals surface area contributed by atoms with Gasteiger partial charge in [0.25, 0.3) is 0 Å². The lowest BCUT2D eigenvalue weighted by molar-refractivity contribution is -0.153. The van der Waals surface area contributed by atoms with Crippen LogP contribution in [0.25, 0.3) is 0 Å². The molecule has 12 heavy (non-hydrogen) atoms. The van der Waals surface area contributed by atoms with Crippen LogP contribution in [-0.4, -0.2) is 32.5 Å². The van der Waals surface area contributed by atoms with E-state index in [9.17, 15) is 0 Å². The monoisotopic (exact) mass is 171 g/mol. The Morgan fingerprint density at radius 3 is 2.58 bits per heavy atom. The fourth-order valence-electron chi connectivity index (χ4n) is 2.55. The van der Waals surface area contributed by atoms with E-state index in [-0.39, 0.29) is 5.41 Å². The van der Waals surface area contributed by atoms with Crippen LogP contribution in [0, 0.1) is 5.41 Å². The molecular weight excluding hydrogens is 154 g/mol. The van der Waals surface area contributed by atoms with Gasteiger partial charge in [-0.3, -0.25) is 0 Å². The molecule has 0 bridgehead atoms. The van der Waals surface area contributed by atoms with Crippen molar-refractivity contribution < 1.29 is 9.47 Å². The quantitative estimate of drug-likeness (QED) is 0.626.